The molecule has 2 atom stereocenters. The van der Waals surface area contributed by atoms with Gasteiger partial charge >= 0.3 is 11.9 Å². The highest BCUT2D eigenvalue weighted by Crippen LogP contribution is 2.65. The number of carbonyl (C=O) groups is 2. The molecule has 0 unspecified atom stereocenters. The summed E-state index contributed by atoms with van der Waals surface area (Å²) in [5, 5.41) is -0.964. The molecule has 0 N–H and O–H groups in total. The van der Waals surface area contributed by atoms with Crippen LogP contribution < -0.4 is 0 Å². The molecule has 0 aromatic heterocycles. The van der Waals surface area contributed by atoms with Gasteiger partial charge in [-0.15, -0.1) is 0 Å². The molecule has 1 fully saturated rings. The maximum absolute atomic E-state index is 13.5. The Morgan fingerprint density at radius 2 is 1.43 bits per heavy atom. The summed E-state index contributed by atoms with van der Waals surface area (Å²) >= 11 is 5.89. The van der Waals surface area contributed by atoms with Crippen LogP contribution in [-0.4, -0.2) is 38.8 Å². The van der Waals surface area contributed by atoms with Gasteiger partial charge in [0, 0.05) is 10.9 Å². The van der Waals surface area contributed by atoms with Crippen LogP contribution in [0.2, 0.25) is 5.02 Å². The van der Waals surface area contributed by atoms with Gasteiger partial charge in [-0.25, -0.2) is 8.42 Å². The van der Waals surface area contributed by atoms with Crippen LogP contribution in [0.3, 0.4) is 0 Å². The minimum absolute atomic E-state index is 0.00825. The van der Waals surface area contributed by atoms with Crippen molar-refractivity contribution in [2.75, 3.05) is 13.2 Å². The van der Waals surface area contributed by atoms with Crippen molar-refractivity contribution < 1.29 is 27.5 Å². The lowest BCUT2D eigenvalue weighted by atomic mass is 9.98. The lowest BCUT2D eigenvalue weighted by Gasteiger charge is -2.15. The third-order valence-electron chi connectivity index (χ3n) is 5.27. The van der Waals surface area contributed by atoms with Crippen molar-refractivity contribution in [1.29, 1.82) is 0 Å². The van der Waals surface area contributed by atoms with Crippen molar-refractivity contribution in [3.8, 4) is 0 Å². The molecule has 0 bridgehead atoms. The molecule has 160 valence electrons. The van der Waals surface area contributed by atoms with Gasteiger partial charge in [-0.2, -0.15) is 0 Å². The maximum atomic E-state index is 13.5. The third-order valence-corrected chi connectivity index (χ3v) is 7.77. The van der Waals surface area contributed by atoms with Gasteiger partial charge in [0.25, 0.3) is 0 Å². The zero-order valence-electron chi connectivity index (χ0n) is 16.9. The van der Waals surface area contributed by atoms with Crippen LogP contribution >= 0.6 is 11.6 Å². The molecule has 0 radical (unpaired) electrons. The van der Waals surface area contributed by atoms with E-state index >= 15 is 0 Å². The number of hydrogen-bond donors (Lipinski definition) is 0. The summed E-state index contributed by atoms with van der Waals surface area (Å²) in [5.74, 6) is -2.70. The number of ether oxygens (including phenoxy) is 2. The van der Waals surface area contributed by atoms with E-state index in [9.17, 15) is 18.0 Å². The van der Waals surface area contributed by atoms with Crippen LogP contribution in [0.1, 0.15) is 30.9 Å². The Morgan fingerprint density at radius 1 is 0.933 bits per heavy atom. The number of rotatable bonds is 7. The number of sulfone groups is 1. The number of carbonyl (C=O) groups excluding carboxylic acids is 2. The molecule has 0 heterocycles. The fraction of sp³-hybridized carbons (Fsp3) is 0.364. The van der Waals surface area contributed by atoms with E-state index in [1.807, 2.05) is 6.92 Å². The average molecular weight is 451 g/mol. The molecular weight excluding hydrogens is 428 g/mol. The summed E-state index contributed by atoms with van der Waals surface area (Å²) in [6.07, 6.45) is 0. The molecule has 0 saturated heterocycles. The first kappa shape index (κ1) is 22.3. The van der Waals surface area contributed by atoms with Gasteiger partial charge in [0.2, 0.25) is 0 Å². The average Bonchev–Trinajstić information content (AvgIpc) is 3.42. The van der Waals surface area contributed by atoms with Crippen LogP contribution in [0.4, 0.5) is 0 Å². The largest absolute Gasteiger partial charge is 0.465 e. The Morgan fingerprint density at radius 3 is 1.90 bits per heavy atom. The summed E-state index contributed by atoms with van der Waals surface area (Å²) in [7, 11) is -4.08. The number of halogens is 1. The quantitative estimate of drug-likeness (QED) is 0.472. The van der Waals surface area contributed by atoms with E-state index < -0.39 is 38.4 Å². The Bertz CT molecular complexity index is 1030. The maximum Gasteiger partial charge on any atom is 0.325 e. The molecule has 0 spiro atoms. The molecule has 0 aliphatic heterocycles. The number of aryl methyl sites for hydroxylation is 1. The van der Waals surface area contributed by atoms with Crippen LogP contribution in [0.15, 0.2) is 53.4 Å². The standard InChI is InChI=1S/C22H23ClO6S/c1-4-28-20(24)22(21(25)29-5-2)18(15-8-6-14(3)7-9-15)19(22)30(26,27)17-12-10-16(23)11-13-17/h6-13,18-19H,4-5H2,1-3H3/t18-,19-/m0/s1. The van der Waals surface area contributed by atoms with Crippen molar-refractivity contribution in [3.63, 3.8) is 0 Å². The second kappa shape index (κ2) is 8.40. The molecule has 3 rings (SSSR count). The number of hydrogen-bond acceptors (Lipinski definition) is 6. The zero-order valence-corrected chi connectivity index (χ0v) is 18.5. The summed E-state index contributed by atoms with van der Waals surface area (Å²) in [4.78, 5) is 26.0. The van der Waals surface area contributed by atoms with Crippen LogP contribution in [-0.2, 0) is 28.9 Å². The second-order valence-electron chi connectivity index (χ2n) is 7.12. The van der Waals surface area contributed by atoms with Crippen molar-refractivity contribution in [2.45, 2.75) is 36.8 Å². The van der Waals surface area contributed by atoms with E-state index in [-0.39, 0.29) is 18.1 Å². The Balaban J connectivity index is 2.19. The van der Waals surface area contributed by atoms with Gasteiger partial charge in [0.1, 0.15) is 5.25 Å². The van der Waals surface area contributed by atoms with Crippen LogP contribution in [0.25, 0.3) is 0 Å². The normalized spacial score (nSPS) is 19.7. The van der Waals surface area contributed by atoms with Crippen molar-refractivity contribution in [1.82, 2.24) is 0 Å². The fourth-order valence-corrected chi connectivity index (χ4v) is 6.25. The predicted octanol–water partition coefficient (Wildman–Crippen LogP) is 3.70. The first-order chi connectivity index (χ1) is 14.2. The lowest BCUT2D eigenvalue weighted by molar-refractivity contribution is -0.164. The highest BCUT2D eigenvalue weighted by atomic mass is 35.5. The fourth-order valence-electron chi connectivity index (χ4n) is 3.83. The van der Waals surface area contributed by atoms with E-state index in [1.54, 1.807) is 38.1 Å². The van der Waals surface area contributed by atoms with Gasteiger partial charge in [-0.1, -0.05) is 41.4 Å². The van der Waals surface area contributed by atoms with Crippen molar-refractivity contribution in [3.05, 3.63) is 64.7 Å². The molecule has 30 heavy (non-hydrogen) atoms. The Kier molecular flexibility index (Phi) is 6.24. The second-order valence-corrected chi connectivity index (χ2v) is 9.62. The molecule has 2 aromatic rings. The van der Waals surface area contributed by atoms with E-state index in [1.165, 1.54) is 24.3 Å². The SMILES string of the molecule is CCOC(=O)C1(C(=O)OCC)[C@@H](c2ccc(C)cc2)[C@@H]1S(=O)(=O)c1ccc(Cl)cc1. The van der Waals surface area contributed by atoms with Crippen molar-refractivity contribution in [2.24, 2.45) is 5.41 Å². The molecule has 8 heteroatoms. The molecule has 1 saturated carbocycles. The first-order valence-electron chi connectivity index (χ1n) is 9.61. The molecule has 1 aliphatic rings. The van der Waals surface area contributed by atoms with E-state index in [0.29, 0.717) is 10.6 Å². The number of benzene rings is 2. The van der Waals surface area contributed by atoms with Crippen LogP contribution in [0, 0.1) is 12.3 Å². The van der Waals surface area contributed by atoms with Gasteiger partial charge < -0.3 is 9.47 Å². The van der Waals surface area contributed by atoms with E-state index in [4.69, 9.17) is 21.1 Å². The Labute approximate surface area is 181 Å². The van der Waals surface area contributed by atoms with Crippen LogP contribution in [0.5, 0.6) is 0 Å². The lowest BCUT2D eigenvalue weighted by Crippen LogP contribution is -2.35. The van der Waals surface area contributed by atoms with Gasteiger partial charge in [0.05, 0.1) is 18.1 Å². The summed E-state index contributed by atoms with van der Waals surface area (Å²) in [6.45, 7) is 5.11. The topological polar surface area (TPSA) is 86.7 Å². The van der Waals surface area contributed by atoms with Gasteiger partial charge in [-0.05, 0) is 50.6 Å². The molecule has 6 nitrogen and oxygen atoms in total. The monoisotopic (exact) mass is 450 g/mol. The summed E-state index contributed by atoms with van der Waals surface area (Å²) in [6, 6.07) is 12.7. The zero-order chi connectivity index (χ0) is 22.1. The molecule has 2 aromatic carbocycles. The van der Waals surface area contributed by atoms with Gasteiger partial charge in [0.15, 0.2) is 15.3 Å². The van der Waals surface area contributed by atoms with E-state index in [2.05, 4.69) is 0 Å². The molecule has 0 amide bonds. The minimum Gasteiger partial charge on any atom is -0.465 e. The summed E-state index contributed by atoms with van der Waals surface area (Å²) in [5.41, 5.74) is -0.432. The van der Waals surface area contributed by atoms with Gasteiger partial charge in [-0.3, -0.25) is 9.59 Å². The highest BCUT2D eigenvalue weighted by molar-refractivity contribution is 7.92. The van der Waals surface area contributed by atoms with E-state index in [0.717, 1.165) is 5.56 Å². The molecular formula is C22H23ClO6S. The Hall–Kier alpha value is -2.38. The van der Waals surface area contributed by atoms with Crippen molar-refractivity contribution >= 4 is 33.4 Å². The predicted molar refractivity (Wildman–Crippen MR) is 112 cm³/mol. The minimum atomic E-state index is -4.08. The third kappa shape index (κ3) is 3.61. The molecule has 1 aliphatic carbocycles. The smallest absolute Gasteiger partial charge is 0.325 e. The number of esters is 2. The first-order valence-corrected chi connectivity index (χ1v) is 11.5. The summed E-state index contributed by atoms with van der Waals surface area (Å²) < 4.78 is 37.4. The highest BCUT2D eigenvalue weighted by Gasteiger charge is 2.81.